The number of nitrogens with zero attached hydrogens (tertiary/aromatic N) is 3. The summed E-state index contributed by atoms with van der Waals surface area (Å²) >= 11 is 5.80. The fourth-order valence-corrected chi connectivity index (χ4v) is 2.76. The largest absolute Gasteiger partial charge is 0.332 e. The molecule has 128 valence electrons. The zero-order valence-corrected chi connectivity index (χ0v) is 14.1. The van der Waals surface area contributed by atoms with E-state index in [2.05, 4.69) is 4.98 Å². The molecule has 1 aliphatic heterocycles. The van der Waals surface area contributed by atoms with E-state index in [0.717, 1.165) is 0 Å². The minimum atomic E-state index is -0.621. The molecular weight excluding hydrogens is 342 g/mol. The van der Waals surface area contributed by atoms with E-state index in [1.807, 2.05) is 0 Å². The molecule has 0 N–H and O–H groups in total. The third kappa shape index (κ3) is 3.85. The summed E-state index contributed by atoms with van der Waals surface area (Å²) in [4.78, 5) is 43.6. The number of benzene rings is 1. The quantitative estimate of drug-likeness (QED) is 0.607. The number of piperazine rings is 1. The van der Waals surface area contributed by atoms with E-state index < -0.39 is 11.8 Å². The van der Waals surface area contributed by atoms with Gasteiger partial charge in [0.1, 0.15) is 5.82 Å². The van der Waals surface area contributed by atoms with Gasteiger partial charge in [-0.2, -0.15) is 0 Å². The number of hydrogen-bond acceptors (Lipinski definition) is 4. The number of hydrogen-bond donors (Lipinski definition) is 0. The third-order valence-electron chi connectivity index (χ3n) is 4.01. The fourth-order valence-electron chi connectivity index (χ4n) is 2.64. The number of carbonyl (C=O) groups is 3. The van der Waals surface area contributed by atoms with Crippen molar-refractivity contribution in [2.75, 3.05) is 24.5 Å². The van der Waals surface area contributed by atoms with Crippen LogP contribution in [-0.2, 0) is 9.59 Å². The lowest BCUT2D eigenvalue weighted by Crippen LogP contribution is -2.55. The average Bonchev–Trinajstić information content (AvgIpc) is 2.64. The molecule has 1 aromatic heterocycles. The van der Waals surface area contributed by atoms with Crippen LogP contribution in [0, 0.1) is 0 Å². The van der Waals surface area contributed by atoms with E-state index >= 15 is 0 Å². The first-order chi connectivity index (χ1) is 12.1. The van der Waals surface area contributed by atoms with Crippen molar-refractivity contribution in [3.05, 3.63) is 59.2 Å². The van der Waals surface area contributed by atoms with E-state index in [4.69, 9.17) is 11.6 Å². The molecule has 1 fully saturated rings. The van der Waals surface area contributed by atoms with Crippen molar-refractivity contribution in [2.45, 2.75) is 6.42 Å². The maximum Gasteiger partial charge on any atom is 0.317 e. The van der Waals surface area contributed by atoms with Crippen LogP contribution in [0.25, 0.3) is 0 Å². The zero-order chi connectivity index (χ0) is 17.8. The minimum absolute atomic E-state index is 0.0935. The van der Waals surface area contributed by atoms with Gasteiger partial charge in [0.05, 0.1) is 0 Å². The number of halogens is 1. The summed E-state index contributed by atoms with van der Waals surface area (Å²) in [5.41, 5.74) is 0.537. The molecule has 7 heteroatoms. The number of rotatable bonds is 5. The number of amides is 2. The van der Waals surface area contributed by atoms with Crippen LogP contribution in [0.3, 0.4) is 0 Å². The standard InChI is InChI=1S/C18H16ClN3O3/c19-14-6-4-13(5-7-14)15(23)8-10-21-11-12-22(18(25)17(21)24)16-3-1-2-9-20-16/h1-7,9H,8,10-12H2. The van der Waals surface area contributed by atoms with Crippen LogP contribution in [0.2, 0.25) is 5.02 Å². The summed E-state index contributed by atoms with van der Waals surface area (Å²) in [7, 11) is 0. The highest BCUT2D eigenvalue weighted by Crippen LogP contribution is 2.16. The van der Waals surface area contributed by atoms with E-state index in [-0.39, 0.29) is 18.7 Å². The van der Waals surface area contributed by atoms with E-state index in [0.29, 0.717) is 29.5 Å². The predicted molar refractivity (Wildman–Crippen MR) is 93.6 cm³/mol. The van der Waals surface area contributed by atoms with Crippen molar-refractivity contribution < 1.29 is 14.4 Å². The Kier molecular flexibility index (Phi) is 5.09. The van der Waals surface area contributed by atoms with Crippen LogP contribution >= 0.6 is 11.6 Å². The Morgan fingerprint density at radius 1 is 1.04 bits per heavy atom. The van der Waals surface area contributed by atoms with Crippen LogP contribution in [0.5, 0.6) is 0 Å². The number of anilines is 1. The molecule has 0 radical (unpaired) electrons. The fraction of sp³-hybridized carbons (Fsp3) is 0.222. The van der Waals surface area contributed by atoms with Crippen molar-refractivity contribution in [1.29, 1.82) is 0 Å². The van der Waals surface area contributed by atoms with Gasteiger partial charge in [0, 0.05) is 42.8 Å². The number of aromatic nitrogens is 1. The zero-order valence-electron chi connectivity index (χ0n) is 13.4. The highest BCUT2D eigenvalue weighted by Gasteiger charge is 2.33. The maximum atomic E-state index is 12.3. The second-order valence-electron chi connectivity index (χ2n) is 5.62. The molecular formula is C18H16ClN3O3. The molecule has 2 aromatic rings. The first-order valence-corrected chi connectivity index (χ1v) is 8.24. The van der Waals surface area contributed by atoms with Crippen LogP contribution < -0.4 is 4.90 Å². The van der Waals surface area contributed by atoms with Crippen LogP contribution in [0.1, 0.15) is 16.8 Å². The Hall–Kier alpha value is -2.73. The lowest BCUT2D eigenvalue weighted by atomic mass is 10.1. The van der Waals surface area contributed by atoms with Crippen molar-refractivity contribution in [2.24, 2.45) is 0 Å². The third-order valence-corrected chi connectivity index (χ3v) is 4.26. The van der Waals surface area contributed by atoms with E-state index in [1.54, 1.807) is 48.7 Å². The van der Waals surface area contributed by atoms with Crippen LogP contribution in [0.4, 0.5) is 5.82 Å². The molecule has 2 amide bonds. The van der Waals surface area contributed by atoms with Crippen LogP contribution in [0.15, 0.2) is 48.7 Å². The van der Waals surface area contributed by atoms with E-state index in [1.165, 1.54) is 9.80 Å². The maximum absolute atomic E-state index is 12.3. The van der Waals surface area contributed by atoms with Gasteiger partial charge >= 0.3 is 11.8 Å². The molecule has 6 nitrogen and oxygen atoms in total. The topological polar surface area (TPSA) is 70.6 Å². The normalized spacial score (nSPS) is 14.8. The highest BCUT2D eigenvalue weighted by atomic mass is 35.5. The molecule has 0 spiro atoms. The molecule has 0 unspecified atom stereocenters. The van der Waals surface area contributed by atoms with Crippen molar-refractivity contribution in [3.8, 4) is 0 Å². The molecule has 1 saturated heterocycles. The van der Waals surface area contributed by atoms with Gasteiger partial charge < -0.3 is 4.90 Å². The summed E-state index contributed by atoms with van der Waals surface area (Å²) in [6.45, 7) is 0.938. The molecule has 1 aliphatic rings. The lowest BCUT2D eigenvalue weighted by molar-refractivity contribution is -0.146. The second kappa shape index (κ2) is 7.44. The van der Waals surface area contributed by atoms with Crippen molar-refractivity contribution in [3.63, 3.8) is 0 Å². The number of ketones is 1. The van der Waals surface area contributed by atoms with Gasteiger partial charge in [0.2, 0.25) is 0 Å². The predicted octanol–water partition coefficient (Wildman–Crippen LogP) is 2.18. The van der Waals surface area contributed by atoms with Gasteiger partial charge in [-0.3, -0.25) is 19.3 Å². The molecule has 0 bridgehead atoms. The Morgan fingerprint density at radius 2 is 1.80 bits per heavy atom. The van der Waals surface area contributed by atoms with Gasteiger partial charge in [-0.1, -0.05) is 17.7 Å². The van der Waals surface area contributed by atoms with Gasteiger partial charge in [-0.05, 0) is 36.4 Å². The van der Waals surface area contributed by atoms with E-state index in [9.17, 15) is 14.4 Å². The minimum Gasteiger partial charge on any atom is -0.332 e. The van der Waals surface area contributed by atoms with Crippen LogP contribution in [-0.4, -0.2) is 47.1 Å². The molecule has 0 aliphatic carbocycles. The number of carbonyl (C=O) groups excluding carboxylic acids is 3. The molecule has 1 aromatic carbocycles. The first kappa shape index (κ1) is 17.1. The van der Waals surface area contributed by atoms with Crippen molar-refractivity contribution in [1.82, 2.24) is 9.88 Å². The Bertz CT molecular complexity index is 793. The summed E-state index contributed by atoms with van der Waals surface area (Å²) in [6, 6.07) is 11.8. The monoisotopic (exact) mass is 357 g/mol. The Labute approximate surface area is 150 Å². The first-order valence-electron chi connectivity index (χ1n) is 7.87. The van der Waals surface area contributed by atoms with Gasteiger partial charge in [0.15, 0.2) is 5.78 Å². The highest BCUT2D eigenvalue weighted by molar-refractivity contribution is 6.40. The molecule has 3 rings (SSSR count). The smallest absolute Gasteiger partial charge is 0.317 e. The summed E-state index contributed by atoms with van der Waals surface area (Å²) < 4.78 is 0. The lowest BCUT2D eigenvalue weighted by Gasteiger charge is -2.32. The van der Waals surface area contributed by atoms with Gasteiger partial charge in [0.25, 0.3) is 0 Å². The second-order valence-corrected chi connectivity index (χ2v) is 6.05. The molecule has 0 atom stereocenters. The SMILES string of the molecule is O=C(CCN1CCN(c2ccccn2)C(=O)C1=O)c1ccc(Cl)cc1. The number of Topliss-reactive ketones (excluding diaryl/α,β-unsaturated/α-hetero) is 1. The Balaban J connectivity index is 1.60. The summed E-state index contributed by atoms with van der Waals surface area (Å²) in [6.07, 6.45) is 1.73. The average molecular weight is 358 g/mol. The summed E-state index contributed by atoms with van der Waals surface area (Å²) in [5.74, 6) is -0.869. The summed E-state index contributed by atoms with van der Waals surface area (Å²) in [5, 5.41) is 0.558. The number of pyridine rings is 1. The van der Waals surface area contributed by atoms with Gasteiger partial charge in [-0.15, -0.1) is 0 Å². The Morgan fingerprint density at radius 3 is 2.48 bits per heavy atom. The van der Waals surface area contributed by atoms with Gasteiger partial charge in [-0.25, -0.2) is 4.98 Å². The molecule has 0 saturated carbocycles. The van der Waals surface area contributed by atoms with Crippen molar-refractivity contribution >= 4 is 35.0 Å². The molecule has 25 heavy (non-hydrogen) atoms. The molecule has 2 heterocycles.